The fourth-order valence-corrected chi connectivity index (χ4v) is 1.37. The van der Waals surface area contributed by atoms with Crippen LogP contribution in [-0.4, -0.2) is 15.8 Å². The Bertz CT molecular complexity index is 584. The number of pyridine rings is 1. The van der Waals surface area contributed by atoms with Crippen LogP contribution < -0.4 is 10.9 Å². The molecule has 1 amide bonds. The lowest BCUT2D eigenvalue weighted by atomic mass is 10.2. The van der Waals surface area contributed by atoms with Crippen molar-refractivity contribution < 1.29 is 9.72 Å². The third kappa shape index (κ3) is 3.25. The minimum absolute atomic E-state index is 0.00832. The van der Waals surface area contributed by atoms with Crippen LogP contribution in [0.15, 0.2) is 48.8 Å². The lowest BCUT2D eigenvalue weighted by molar-refractivity contribution is -0.384. The molecule has 0 saturated heterocycles. The molecule has 19 heavy (non-hydrogen) atoms. The van der Waals surface area contributed by atoms with Crippen molar-refractivity contribution in [1.29, 1.82) is 0 Å². The van der Waals surface area contributed by atoms with E-state index in [0.29, 0.717) is 11.3 Å². The van der Waals surface area contributed by atoms with E-state index >= 15 is 0 Å². The fraction of sp³-hybridized carbons (Fsp3) is 0. The van der Waals surface area contributed by atoms with Crippen LogP contribution in [0.3, 0.4) is 0 Å². The van der Waals surface area contributed by atoms with Crippen LogP contribution in [-0.2, 0) is 0 Å². The first kappa shape index (κ1) is 12.5. The molecule has 2 N–H and O–H groups in total. The largest absolute Gasteiger partial charge is 0.298 e. The highest BCUT2D eigenvalue weighted by Gasteiger charge is 2.06. The molecule has 1 aromatic carbocycles. The van der Waals surface area contributed by atoms with E-state index in [1.54, 1.807) is 12.1 Å². The van der Waals surface area contributed by atoms with Crippen LogP contribution >= 0.6 is 0 Å². The van der Waals surface area contributed by atoms with Gasteiger partial charge in [-0.15, -0.1) is 0 Å². The summed E-state index contributed by atoms with van der Waals surface area (Å²) in [4.78, 5) is 25.5. The Kier molecular flexibility index (Phi) is 3.67. The molecule has 7 nitrogen and oxygen atoms in total. The molecule has 0 aliphatic heterocycles. The van der Waals surface area contributed by atoms with Crippen molar-refractivity contribution in [3.05, 3.63) is 64.5 Å². The van der Waals surface area contributed by atoms with E-state index in [1.807, 2.05) is 0 Å². The summed E-state index contributed by atoms with van der Waals surface area (Å²) in [5.41, 5.74) is 6.15. The minimum atomic E-state index is -0.487. The molecule has 0 spiro atoms. The predicted molar refractivity (Wildman–Crippen MR) is 68.4 cm³/mol. The monoisotopic (exact) mass is 258 g/mol. The number of hydrazine groups is 1. The van der Waals surface area contributed by atoms with E-state index in [1.165, 1.54) is 36.7 Å². The molecule has 0 bridgehead atoms. The molecule has 0 saturated carbocycles. The average molecular weight is 258 g/mol. The highest BCUT2D eigenvalue weighted by molar-refractivity contribution is 5.94. The van der Waals surface area contributed by atoms with Gasteiger partial charge in [-0.2, -0.15) is 0 Å². The second-order valence-corrected chi connectivity index (χ2v) is 3.62. The topological polar surface area (TPSA) is 97.2 Å². The first-order valence-corrected chi connectivity index (χ1v) is 5.37. The number of rotatable bonds is 4. The van der Waals surface area contributed by atoms with Gasteiger partial charge in [-0.25, -0.2) is 0 Å². The molecule has 1 aromatic heterocycles. The molecule has 0 atom stereocenters. The Hall–Kier alpha value is -2.96. The van der Waals surface area contributed by atoms with Gasteiger partial charge in [-0.3, -0.25) is 30.7 Å². The van der Waals surface area contributed by atoms with Gasteiger partial charge in [-0.05, 0) is 24.3 Å². The molecular formula is C12H10N4O3. The second-order valence-electron chi connectivity index (χ2n) is 3.62. The van der Waals surface area contributed by atoms with Crippen molar-refractivity contribution in [3.8, 4) is 0 Å². The van der Waals surface area contributed by atoms with Gasteiger partial charge in [0.15, 0.2) is 0 Å². The van der Waals surface area contributed by atoms with E-state index < -0.39 is 4.92 Å². The number of nitro benzene ring substituents is 1. The number of nitrogens with zero attached hydrogens (tertiary/aromatic N) is 2. The average Bonchev–Trinajstić information content (AvgIpc) is 2.46. The Morgan fingerprint density at radius 1 is 1.11 bits per heavy atom. The summed E-state index contributed by atoms with van der Waals surface area (Å²) in [7, 11) is 0. The molecule has 0 fully saturated rings. The van der Waals surface area contributed by atoms with Gasteiger partial charge >= 0.3 is 0 Å². The van der Waals surface area contributed by atoms with Crippen molar-refractivity contribution in [2.75, 3.05) is 5.43 Å². The van der Waals surface area contributed by atoms with Gasteiger partial charge in [0.05, 0.1) is 10.6 Å². The molecule has 0 aliphatic carbocycles. The zero-order valence-electron chi connectivity index (χ0n) is 9.74. The molecule has 0 radical (unpaired) electrons. The lowest BCUT2D eigenvalue weighted by Crippen LogP contribution is -2.29. The number of amides is 1. The summed E-state index contributed by atoms with van der Waals surface area (Å²) in [5, 5.41) is 10.5. The van der Waals surface area contributed by atoms with Crippen LogP contribution in [0.5, 0.6) is 0 Å². The van der Waals surface area contributed by atoms with E-state index in [-0.39, 0.29) is 11.6 Å². The number of hydrogen-bond donors (Lipinski definition) is 2. The van der Waals surface area contributed by atoms with E-state index in [9.17, 15) is 14.9 Å². The number of non-ortho nitro benzene ring substituents is 1. The molecule has 2 aromatic rings. The number of carbonyl (C=O) groups is 1. The molecular weight excluding hydrogens is 248 g/mol. The molecule has 96 valence electrons. The summed E-state index contributed by atoms with van der Waals surface area (Å²) in [6.07, 6.45) is 3.03. The van der Waals surface area contributed by atoms with Gasteiger partial charge in [0.2, 0.25) is 0 Å². The van der Waals surface area contributed by atoms with Crippen molar-refractivity contribution in [2.45, 2.75) is 0 Å². The summed E-state index contributed by atoms with van der Waals surface area (Å²) < 4.78 is 0. The standard InChI is InChI=1S/C12H10N4O3/c17-12(9-5-7-13-8-6-9)15-14-10-1-3-11(4-2-10)16(18)19/h1-8,14H,(H,15,17). The Labute approximate surface area is 108 Å². The highest BCUT2D eigenvalue weighted by atomic mass is 16.6. The van der Waals surface area contributed by atoms with Gasteiger partial charge < -0.3 is 0 Å². The second kappa shape index (κ2) is 5.58. The van der Waals surface area contributed by atoms with Crippen LogP contribution in [0.1, 0.15) is 10.4 Å². The van der Waals surface area contributed by atoms with Crippen LogP contribution in [0, 0.1) is 10.1 Å². The van der Waals surface area contributed by atoms with Crippen molar-refractivity contribution in [2.24, 2.45) is 0 Å². The minimum Gasteiger partial charge on any atom is -0.298 e. The van der Waals surface area contributed by atoms with Crippen LogP contribution in [0.25, 0.3) is 0 Å². The number of hydrogen-bond acceptors (Lipinski definition) is 5. The van der Waals surface area contributed by atoms with E-state index in [2.05, 4.69) is 15.8 Å². The number of carbonyl (C=O) groups excluding carboxylic acids is 1. The normalized spacial score (nSPS) is 9.68. The van der Waals surface area contributed by atoms with Crippen LogP contribution in [0.4, 0.5) is 11.4 Å². The third-order valence-electron chi connectivity index (χ3n) is 2.34. The van der Waals surface area contributed by atoms with Gasteiger partial charge in [0, 0.05) is 30.1 Å². The lowest BCUT2D eigenvalue weighted by Gasteiger charge is -2.07. The Balaban J connectivity index is 1.95. The molecule has 7 heteroatoms. The van der Waals surface area contributed by atoms with E-state index in [0.717, 1.165) is 0 Å². The Morgan fingerprint density at radius 3 is 2.32 bits per heavy atom. The zero-order chi connectivity index (χ0) is 13.7. The fourth-order valence-electron chi connectivity index (χ4n) is 1.37. The maximum Gasteiger partial charge on any atom is 0.269 e. The first-order valence-electron chi connectivity index (χ1n) is 5.37. The highest BCUT2D eigenvalue weighted by Crippen LogP contribution is 2.14. The zero-order valence-corrected chi connectivity index (χ0v) is 9.74. The molecule has 1 heterocycles. The maximum atomic E-state index is 11.7. The van der Waals surface area contributed by atoms with Crippen molar-refractivity contribution >= 4 is 17.3 Å². The maximum absolute atomic E-state index is 11.7. The molecule has 0 unspecified atom stereocenters. The quantitative estimate of drug-likeness (QED) is 0.643. The Morgan fingerprint density at radius 2 is 1.74 bits per heavy atom. The SMILES string of the molecule is O=C(NNc1ccc([N+](=O)[O-])cc1)c1ccncc1. The predicted octanol–water partition coefficient (Wildman–Crippen LogP) is 1.75. The summed E-state index contributed by atoms with van der Waals surface area (Å²) >= 11 is 0. The summed E-state index contributed by atoms with van der Waals surface area (Å²) in [6, 6.07) is 8.86. The van der Waals surface area contributed by atoms with Gasteiger partial charge in [0.1, 0.15) is 0 Å². The van der Waals surface area contributed by atoms with Gasteiger partial charge in [-0.1, -0.05) is 0 Å². The number of aromatic nitrogens is 1. The molecule has 0 aliphatic rings. The summed E-state index contributed by atoms with van der Waals surface area (Å²) in [6.45, 7) is 0. The van der Waals surface area contributed by atoms with Crippen molar-refractivity contribution in [1.82, 2.24) is 10.4 Å². The number of anilines is 1. The van der Waals surface area contributed by atoms with Gasteiger partial charge in [0.25, 0.3) is 11.6 Å². The first-order chi connectivity index (χ1) is 9.16. The van der Waals surface area contributed by atoms with Crippen LogP contribution in [0.2, 0.25) is 0 Å². The van der Waals surface area contributed by atoms with E-state index in [4.69, 9.17) is 0 Å². The summed E-state index contributed by atoms with van der Waals surface area (Å²) in [5.74, 6) is -0.319. The smallest absolute Gasteiger partial charge is 0.269 e. The molecule has 2 rings (SSSR count). The van der Waals surface area contributed by atoms with Crippen molar-refractivity contribution in [3.63, 3.8) is 0 Å². The third-order valence-corrected chi connectivity index (χ3v) is 2.34. The number of benzene rings is 1. The number of nitrogens with one attached hydrogen (secondary N) is 2. The number of nitro groups is 1.